The molecule has 0 bridgehead atoms. The Morgan fingerprint density at radius 3 is 2.67 bits per heavy atom. The first kappa shape index (κ1) is 26.0. The lowest BCUT2D eigenvalue weighted by Crippen LogP contribution is -2.39. The molecule has 4 atom stereocenters. The van der Waals surface area contributed by atoms with E-state index in [1.54, 1.807) is 18.3 Å². The van der Waals surface area contributed by atoms with Gasteiger partial charge >= 0.3 is 0 Å². The van der Waals surface area contributed by atoms with Gasteiger partial charge in [0.15, 0.2) is 0 Å². The second-order valence-corrected chi connectivity index (χ2v) is 9.57. The summed E-state index contributed by atoms with van der Waals surface area (Å²) >= 11 is 0. The van der Waals surface area contributed by atoms with Crippen LogP contribution in [0.25, 0.3) is 11.6 Å². The fraction of sp³-hybridized carbons (Fsp3) is 0.464. The molecule has 8 heteroatoms. The number of allylic oxidation sites excluding steroid dienone is 2. The molecule has 0 unspecified atom stereocenters. The highest BCUT2D eigenvalue weighted by Crippen LogP contribution is 2.47. The zero-order valence-electron chi connectivity index (χ0n) is 20.8. The van der Waals surface area contributed by atoms with Crippen LogP contribution in [0.1, 0.15) is 56.2 Å². The van der Waals surface area contributed by atoms with Crippen molar-refractivity contribution < 1.29 is 29.3 Å². The maximum atomic E-state index is 12.9. The minimum absolute atomic E-state index is 0.193. The second-order valence-electron chi connectivity index (χ2n) is 9.57. The zero-order valence-corrected chi connectivity index (χ0v) is 20.8. The molecule has 1 aliphatic heterocycles. The summed E-state index contributed by atoms with van der Waals surface area (Å²) in [5.74, 6) is -1.14. The largest absolute Gasteiger partial charge is 0.459 e. The van der Waals surface area contributed by atoms with Crippen molar-refractivity contribution in [3.63, 3.8) is 0 Å². The van der Waals surface area contributed by atoms with E-state index in [0.717, 1.165) is 23.3 Å². The van der Waals surface area contributed by atoms with Crippen LogP contribution in [0.5, 0.6) is 0 Å². The maximum Gasteiger partial charge on any atom is 0.233 e. The van der Waals surface area contributed by atoms with Crippen LogP contribution < -0.4 is 0 Å². The van der Waals surface area contributed by atoms with Crippen molar-refractivity contribution in [3.05, 3.63) is 64.9 Å². The molecule has 192 valence electrons. The fourth-order valence-electron chi connectivity index (χ4n) is 5.66. The molecule has 3 N–H and O–H groups in total. The number of aliphatic hydroxyl groups excluding tert-OH is 3. The molecule has 1 saturated heterocycles. The number of furan rings is 1. The molecule has 0 spiro atoms. The average Bonchev–Trinajstić information content (AvgIpc) is 3.44. The van der Waals surface area contributed by atoms with Gasteiger partial charge in [0.1, 0.15) is 18.1 Å². The lowest BCUT2D eigenvalue weighted by Gasteiger charge is -2.36. The van der Waals surface area contributed by atoms with Gasteiger partial charge in [0.25, 0.3) is 0 Å². The third kappa shape index (κ3) is 5.07. The Morgan fingerprint density at radius 2 is 2.03 bits per heavy atom. The summed E-state index contributed by atoms with van der Waals surface area (Å²) in [7, 11) is 1.49. The van der Waals surface area contributed by atoms with Gasteiger partial charge in [0, 0.05) is 19.2 Å². The maximum absolute atomic E-state index is 12.9. The SMILES string of the molecule is CCCC1=C([C@H](O)CC/C(=C/c2ccc(CO)o2)c2ccccn2)[C@H](CO)[C@@H]2C(=O)N(C)C(=O)[C@@H]2C1. The summed E-state index contributed by atoms with van der Waals surface area (Å²) in [6.07, 6.45) is 5.47. The standard InChI is InChI=1S/C28H34N2O6/c1-3-6-18-14-21-26(28(35)30(2)27(21)34)22(16-32)25(18)24(33)11-8-17(23-7-4-5-12-29-23)13-19-9-10-20(15-31)36-19/h4-5,7,9-10,12-13,21-22,24,26,31-33H,3,6,8,11,14-16H2,1-2H3/b17-13-/t21-,22+,24-,26-/m1/s1. The number of imide groups is 1. The third-order valence-corrected chi connectivity index (χ3v) is 7.35. The van der Waals surface area contributed by atoms with Gasteiger partial charge in [0.2, 0.25) is 11.8 Å². The summed E-state index contributed by atoms with van der Waals surface area (Å²) in [5, 5.41) is 31.1. The van der Waals surface area contributed by atoms with Crippen LogP contribution in [-0.2, 0) is 16.2 Å². The normalized spacial score (nSPS) is 23.4. The summed E-state index contributed by atoms with van der Waals surface area (Å²) in [4.78, 5) is 31.2. The predicted molar refractivity (Wildman–Crippen MR) is 134 cm³/mol. The van der Waals surface area contributed by atoms with E-state index in [-0.39, 0.29) is 25.0 Å². The Balaban J connectivity index is 1.62. The van der Waals surface area contributed by atoms with Crippen LogP contribution >= 0.6 is 0 Å². The topological polar surface area (TPSA) is 124 Å². The van der Waals surface area contributed by atoms with E-state index >= 15 is 0 Å². The Bertz CT molecular complexity index is 1150. The van der Waals surface area contributed by atoms with Crippen LogP contribution in [0.15, 0.2) is 52.1 Å². The molecular formula is C28H34N2O6. The number of nitrogens with zero attached hydrogens (tertiary/aromatic N) is 2. The molecule has 1 aliphatic carbocycles. The quantitative estimate of drug-likeness (QED) is 0.342. The van der Waals surface area contributed by atoms with Gasteiger partial charge in [-0.3, -0.25) is 19.5 Å². The van der Waals surface area contributed by atoms with Crippen molar-refractivity contribution >= 4 is 23.5 Å². The van der Waals surface area contributed by atoms with Crippen LogP contribution in [0.3, 0.4) is 0 Å². The first-order valence-corrected chi connectivity index (χ1v) is 12.5. The van der Waals surface area contributed by atoms with Crippen molar-refractivity contribution in [2.24, 2.45) is 17.8 Å². The molecule has 0 aromatic carbocycles. The summed E-state index contributed by atoms with van der Waals surface area (Å²) in [6.45, 7) is 1.55. The van der Waals surface area contributed by atoms with Gasteiger partial charge in [-0.05, 0) is 67.2 Å². The number of rotatable bonds is 10. The van der Waals surface area contributed by atoms with E-state index in [2.05, 4.69) is 4.98 Å². The predicted octanol–water partition coefficient (Wildman–Crippen LogP) is 3.19. The Kier molecular flexibility index (Phi) is 8.18. The van der Waals surface area contributed by atoms with Crippen LogP contribution in [0.4, 0.5) is 0 Å². The van der Waals surface area contributed by atoms with Gasteiger partial charge in [-0.25, -0.2) is 0 Å². The van der Waals surface area contributed by atoms with Crippen molar-refractivity contribution in [2.75, 3.05) is 13.7 Å². The number of hydrogen-bond donors (Lipinski definition) is 3. The minimum atomic E-state index is -0.879. The van der Waals surface area contributed by atoms with Crippen molar-refractivity contribution in [1.29, 1.82) is 0 Å². The number of carbonyl (C=O) groups excluding carboxylic acids is 2. The third-order valence-electron chi connectivity index (χ3n) is 7.35. The number of carbonyl (C=O) groups is 2. The first-order chi connectivity index (χ1) is 17.4. The molecule has 2 amide bonds. The number of fused-ring (bicyclic) bond motifs is 1. The summed E-state index contributed by atoms with van der Waals surface area (Å²) < 4.78 is 5.64. The van der Waals surface area contributed by atoms with Crippen molar-refractivity contribution in [1.82, 2.24) is 9.88 Å². The molecule has 2 aromatic rings. The number of amides is 2. The van der Waals surface area contributed by atoms with Gasteiger partial charge in [-0.1, -0.05) is 25.0 Å². The van der Waals surface area contributed by atoms with E-state index in [1.165, 1.54) is 11.9 Å². The monoisotopic (exact) mass is 494 g/mol. The minimum Gasteiger partial charge on any atom is -0.459 e. The van der Waals surface area contributed by atoms with Crippen LogP contribution in [0, 0.1) is 17.8 Å². The van der Waals surface area contributed by atoms with E-state index in [0.29, 0.717) is 42.8 Å². The zero-order chi connectivity index (χ0) is 25.8. The number of likely N-dealkylation sites (tertiary alicyclic amines) is 1. The van der Waals surface area contributed by atoms with Crippen molar-refractivity contribution in [3.8, 4) is 0 Å². The molecule has 4 rings (SSSR count). The first-order valence-electron chi connectivity index (χ1n) is 12.5. The smallest absolute Gasteiger partial charge is 0.233 e. The Labute approximate surface area is 211 Å². The molecule has 3 heterocycles. The fourth-order valence-corrected chi connectivity index (χ4v) is 5.66. The second kappa shape index (κ2) is 11.3. The lowest BCUT2D eigenvalue weighted by molar-refractivity contribution is -0.138. The van der Waals surface area contributed by atoms with E-state index in [4.69, 9.17) is 4.42 Å². The summed E-state index contributed by atoms with van der Waals surface area (Å²) in [5.41, 5.74) is 3.28. The molecule has 0 radical (unpaired) electrons. The highest BCUT2D eigenvalue weighted by molar-refractivity contribution is 6.05. The van der Waals surface area contributed by atoms with E-state index < -0.39 is 23.9 Å². The van der Waals surface area contributed by atoms with Crippen LogP contribution in [0.2, 0.25) is 0 Å². The number of aromatic nitrogens is 1. The van der Waals surface area contributed by atoms with Gasteiger partial charge in [-0.15, -0.1) is 0 Å². The van der Waals surface area contributed by atoms with Crippen LogP contribution in [-0.4, -0.2) is 56.8 Å². The Morgan fingerprint density at radius 1 is 1.22 bits per heavy atom. The van der Waals surface area contributed by atoms with Crippen molar-refractivity contribution in [2.45, 2.75) is 51.7 Å². The summed E-state index contributed by atoms with van der Waals surface area (Å²) in [6, 6.07) is 9.08. The van der Waals surface area contributed by atoms with E-state index in [9.17, 15) is 24.9 Å². The molecule has 2 aliphatic rings. The molecule has 36 heavy (non-hydrogen) atoms. The molecule has 8 nitrogen and oxygen atoms in total. The highest BCUT2D eigenvalue weighted by Gasteiger charge is 2.53. The number of pyridine rings is 1. The molecular weight excluding hydrogens is 460 g/mol. The average molecular weight is 495 g/mol. The number of hydrogen-bond acceptors (Lipinski definition) is 7. The van der Waals surface area contributed by atoms with E-state index in [1.807, 2.05) is 31.2 Å². The lowest BCUT2D eigenvalue weighted by atomic mass is 9.67. The van der Waals surface area contributed by atoms with Gasteiger partial charge < -0.3 is 19.7 Å². The Hall–Kier alpha value is -3.07. The highest BCUT2D eigenvalue weighted by atomic mass is 16.4. The molecule has 2 aromatic heterocycles. The van der Waals surface area contributed by atoms with Gasteiger partial charge in [0.05, 0.1) is 30.2 Å². The molecule has 1 fully saturated rings. The number of aliphatic hydroxyl groups is 3. The molecule has 0 saturated carbocycles. The van der Waals surface area contributed by atoms with Gasteiger partial charge in [-0.2, -0.15) is 0 Å².